The number of carbonyl (C=O) groups excluding carboxylic acids is 3. The Balaban J connectivity index is 1.77. The van der Waals surface area contributed by atoms with Crippen LogP contribution in [0.15, 0.2) is 152 Å². The topological polar surface area (TPSA) is 51.2 Å². The summed E-state index contributed by atoms with van der Waals surface area (Å²) in [6.07, 6.45) is 0. The number of carbonyl (C=O) groups is 3. The normalized spacial score (nSPS) is 12.4. The first kappa shape index (κ1) is 25.7. The third-order valence-electron chi connectivity index (χ3n) is 7.08. The minimum Gasteiger partial charge on any atom is -0.294 e. The Bertz CT molecular complexity index is 1440. The summed E-state index contributed by atoms with van der Waals surface area (Å²) in [6, 6.07) is 45.6. The summed E-state index contributed by atoms with van der Waals surface area (Å²) < 4.78 is 0. The van der Waals surface area contributed by atoms with Gasteiger partial charge >= 0.3 is 0 Å². The molecule has 0 saturated carbocycles. The quantitative estimate of drug-likeness (QED) is 0.181. The van der Waals surface area contributed by atoms with Gasteiger partial charge in [-0.25, -0.2) is 0 Å². The standard InChI is InChI=1S/C36H28O3/c37-34(28-20-10-3-11-21-28)31(26-16-6-1-7-17-26)33(36(39)30-24-14-5-15-25-30)32(27-18-8-2-9-19-27)35(38)29-22-12-4-13-23-29/h1-25,31-33H/t31-,32-/m1/s1. The van der Waals surface area contributed by atoms with Crippen LogP contribution in [0, 0.1) is 5.92 Å². The number of hydrogen-bond donors (Lipinski definition) is 0. The zero-order chi connectivity index (χ0) is 27.0. The lowest BCUT2D eigenvalue weighted by molar-refractivity contribution is 0.0749. The Morgan fingerprint density at radius 2 is 0.590 bits per heavy atom. The molecule has 3 heteroatoms. The molecule has 0 aliphatic heterocycles. The van der Waals surface area contributed by atoms with Crippen LogP contribution in [0.2, 0.25) is 0 Å². The van der Waals surface area contributed by atoms with Crippen molar-refractivity contribution >= 4 is 17.3 Å². The van der Waals surface area contributed by atoms with E-state index in [0.29, 0.717) is 27.8 Å². The van der Waals surface area contributed by atoms with Crippen LogP contribution in [-0.4, -0.2) is 17.3 Å². The van der Waals surface area contributed by atoms with Crippen LogP contribution >= 0.6 is 0 Å². The highest BCUT2D eigenvalue weighted by atomic mass is 16.1. The van der Waals surface area contributed by atoms with Crippen LogP contribution in [0.5, 0.6) is 0 Å². The predicted octanol–water partition coefficient (Wildman–Crippen LogP) is 7.82. The van der Waals surface area contributed by atoms with Crippen molar-refractivity contribution in [1.29, 1.82) is 0 Å². The van der Waals surface area contributed by atoms with Gasteiger partial charge < -0.3 is 0 Å². The van der Waals surface area contributed by atoms with Gasteiger partial charge in [-0.05, 0) is 11.1 Å². The second-order valence-corrected chi connectivity index (χ2v) is 9.49. The van der Waals surface area contributed by atoms with Gasteiger partial charge in [-0.1, -0.05) is 152 Å². The summed E-state index contributed by atoms with van der Waals surface area (Å²) >= 11 is 0. The average molecular weight is 509 g/mol. The van der Waals surface area contributed by atoms with Gasteiger partial charge in [0.2, 0.25) is 0 Å². The van der Waals surface area contributed by atoms with Gasteiger partial charge in [-0.2, -0.15) is 0 Å². The zero-order valence-electron chi connectivity index (χ0n) is 21.4. The lowest BCUT2D eigenvalue weighted by atomic mass is 9.67. The van der Waals surface area contributed by atoms with Gasteiger partial charge in [-0.3, -0.25) is 14.4 Å². The van der Waals surface area contributed by atoms with E-state index in [1.807, 2.05) is 103 Å². The van der Waals surface area contributed by atoms with Crippen molar-refractivity contribution in [3.05, 3.63) is 179 Å². The Kier molecular flexibility index (Phi) is 7.99. The molecule has 0 heterocycles. The third-order valence-corrected chi connectivity index (χ3v) is 7.08. The van der Waals surface area contributed by atoms with E-state index in [2.05, 4.69) is 0 Å². The maximum atomic E-state index is 14.5. The highest BCUT2D eigenvalue weighted by Crippen LogP contribution is 2.42. The molecule has 0 aromatic heterocycles. The Morgan fingerprint density at radius 3 is 0.897 bits per heavy atom. The first-order valence-corrected chi connectivity index (χ1v) is 13.0. The first-order valence-electron chi connectivity index (χ1n) is 13.0. The van der Waals surface area contributed by atoms with Crippen LogP contribution in [0.1, 0.15) is 54.0 Å². The van der Waals surface area contributed by atoms with E-state index in [4.69, 9.17) is 0 Å². The van der Waals surface area contributed by atoms with Gasteiger partial charge in [0.1, 0.15) is 0 Å². The summed E-state index contributed by atoms with van der Waals surface area (Å²) in [6.45, 7) is 0. The second kappa shape index (κ2) is 12.1. The Morgan fingerprint density at radius 1 is 0.333 bits per heavy atom. The van der Waals surface area contributed by atoms with Crippen molar-refractivity contribution in [1.82, 2.24) is 0 Å². The maximum Gasteiger partial charge on any atom is 0.171 e. The highest BCUT2D eigenvalue weighted by molar-refractivity contribution is 6.12. The Hall–Kier alpha value is -4.89. The van der Waals surface area contributed by atoms with Crippen LogP contribution in [0.25, 0.3) is 0 Å². The number of rotatable bonds is 10. The van der Waals surface area contributed by atoms with E-state index in [1.165, 1.54) is 0 Å². The smallest absolute Gasteiger partial charge is 0.171 e. The zero-order valence-corrected chi connectivity index (χ0v) is 21.4. The second-order valence-electron chi connectivity index (χ2n) is 9.49. The Labute approximate surface area is 228 Å². The van der Waals surface area contributed by atoms with Crippen LogP contribution in [-0.2, 0) is 0 Å². The average Bonchev–Trinajstić information content (AvgIpc) is 3.02. The molecule has 0 amide bonds. The molecule has 0 fully saturated rings. The van der Waals surface area contributed by atoms with Crippen molar-refractivity contribution in [2.24, 2.45) is 5.92 Å². The molecule has 5 rings (SSSR count). The van der Waals surface area contributed by atoms with Crippen molar-refractivity contribution in [3.63, 3.8) is 0 Å². The van der Waals surface area contributed by atoms with Gasteiger partial charge in [0.15, 0.2) is 17.3 Å². The molecular formula is C36H28O3. The number of benzene rings is 5. The lowest BCUT2D eigenvalue weighted by Gasteiger charge is -2.32. The lowest BCUT2D eigenvalue weighted by Crippen LogP contribution is -2.37. The molecule has 0 unspecified atom stereocenters. The van der Waals surface area contributed by atoms with E-state index in [0.717, 1.165) is 0 Å². The van der Waals surface area contributed by atoms with Gasteiger partial charge in [0.05, 0.1) is 17.8 Å². The summed E-state index contributed by atoms with van der Waals surface area (Å²) in [7, 11) is 0. The van der Waals surface area contributed by atoms with Crippen LogP contribution in [0.4, 0.5) is 0 Å². The number of Topliss-reactive ketones (excluding diaryl/α,β-unsaturated/α-hetero) is 3. The molecule has 0 N–H and O–H groups in total. The molecule has 5 aromatic rings. The van der Waals surface area contributed by atoms with Gasteiger partial charge in [0.25, 0.3) is 0 Å². The SMILES string of the molecule is O=C(c1ccccc1)C([C@H](C(=O)c1ccccc1)c1ccccc1)[C@H](C(=O)c1ccccc1)c1ccccc1. The minimum atomic E-state index is -0.988. The van der Waals surface area contributed by atoms with E-state index < -0.39 is 17.8 Å². The molecule has 3 nitrogen and oxygen atoms in total. The fraction of sp³-hybridized carbons (Fsp3) is 0.0833. The molecule has 0 spiro atoms. The van der Waals surface area contributed by atoms with Gasteiger partial charge in [0, 0.05) is 16.7 Å². The van der Waals surface area contributed by atoms with E-state index in [9.17, 15) is 14.4 Å². The van der Waals surface area contributed by atoms with Crippen LogP contribution in [0.3, 0.4) is 0 Å². The highest BCUT2D eigenvalue weighted by Gasteiger charge is 2.44. The fourth-order valence-corrected chi connectivity index (χ4v) is 5.22. The molecule has 0 saturated heterocycles. The number of ketones is 3. The molecule has 0 bridgehead atoms. The maximum absolute atomic E-state index is 14.5. The van der Waals surface area contributed by atoms with E-state index in [-0.39, 0.29) is 17.3 Å². The fourth-order valence-electron chi connectivity index (χ4n) is 5.22. The summed E-state index contributed by atoms with van der Waals surface area (Å²) in [5, 5.41) is 0. The number of hydrogen-bond acceptors (Lipinski definition) is 3. The van der Waals surface area contributed by atoms with Gasteiger partial charge in [-0.15, -0.1) is 0 Å². The van der Waals surface area contributed by atoms with Crippen LogP contribution < -0.4 is 0 Å². The summed E-state index contributed by atoms with van der Waals surface area (Å²) in [5.74, 6) is -3.40. The first-order chi connectivity index (χ1) is 19.1. The molecule has 0 radical (unpaired) electrons. The largest absolute Gasteiger partial charge is 0.294 e. The van der Waals surface area contributed by atoms with Crippen molar-refractivity contribution in [2.75, 3.05) is 0 Å². The molecule has 5 aromatic carbocycles. The molecule has 2 atom stereocenters. The van der Waals surface area contributed by atoms with E-state index >= 15 is 0 Å². The predicted molar refractivity (Wildman–Crippen MR) is 154 cm³/mol. The molecule has 0 aliphatic carbocycles. The summed E-state index contributed by atoms with van der Waals surface area (Å²) in [5.41, 5.74) is 2.85. The van der Waals surface area contributed by atoms with Crippen molar-refractivity contribution < 1.29 is 14.4 Å². The minimum absolute atomic E-state index is 0.196. The monoisotopic (exact) mass is 508 g/mol. The van der Waals surface area contributed by atoms with E-state index in [1.54, 1.807) is 48.5 Å². The molecular weight excluding hydrogens is 480 g/mol. The molecule has 190 valence electrons. The third kappa shape index (κ3) is 5.68. The molecule has 0 aliphatic rings. The molecule has 39 heavy (non-hydrogen) atoms. The summed E-state index contributed by atoms with van der Waals surface area (Å²) in [4.78, 5) is 43.2. The van der Waals surface area contributed by atoms with Crippen molar-refractivity contribution in [2.45, 2.75) is 11.8 Å². The van der Waals surface area contributed by atoms with Crippen molar-refractivity contribution in [3.8, 4) is 0 Å².